The molecule has 0 aliphatic rings. The fraction of sp³-hybridized carbons (Fsp3) is 0.231. The Labute approximate surface area is 135 Å². The van der Waals surface area contributed by atoms with Crippen molar-refractivity contribution in [2.75, 3.05) is 12.0 Å². The molecule has 0 aliphatic heterocycles. The minimum Gasteiger partial charge on any atom is -0.616 e. The molecule has 21 heavy (non-hydrogen) atoms. The summed E-state index contributed by atoms with van der Waals surface area (Å²) in [5.74, 6) is 0.366. The topological polar surface area (TPSA) is 90.7 Å². The maximum Gasteiger partial charge on any atom is 0.173 e. The van der Waals surface area contributed by atoms with E-state index in [-0.39, 0.29) is 17.3 Å². The van der Waals surface area contributed by atoms with Crippen LogP contribution < -0.4 is 5.73 Å². The van der Waals surface area contributed by atoms with Crippen molar-refractivity contribution >= 4 is 40.2 Å². The van der Waals surface area contributed by atoms with Gasteiger partial charge in [0, 0.05) is 0 Å². The molecule has 2 N–H and O–H groups in total. The number of aromatic nitrogens is 2. The van der Waals surface area contributed by atoms with Crippen LogP contribution in [-0.4, -0.2) is 20.6 Å². The van der Waals surface area contributed by atoms with Crippen molar-refractivity contribution in [3.05, 3.63) is 39.0 Å². The van der Waals surface area contributed by atoms with Crippen LogP contribution in [-0.2, 0) is 16.9 Å². The van der Waals surface area contributed by atoms with E-state index < -0.39 is 11.2 Å². The van der Waals surface area contributed by atoms with Crippen LogP contribution in [0.3, 0.4) is 0 Å². The second-order valence-electron chi connectivity index (χ2n) is 4.53. The summed E-state index contributed by atoms with van der Waals surface area (Å²) < 4.78 is 12.7. The fourth-order valence-corrected chi connectivity index (χ4v) is 3.41. The molecule has 1 aromatic heterocycles. The van der Waals surface area contributed by atoms with Crippen LogP contribution in [0, 0.1) is 18.3 Å². The molecule has 110 valence electrons. The lowest BCUT2D eigenvalue weighted by Gasteiger charge is -2.10. The molecule has 0 amide bonds. The average molecular weight is 343 g/mol. The molecule has 0 saturated carbocycles. The molecule has 8 heteroatoms. The van der Waals surface area contributed by atoms with Crippen molar-refractivity contribution in [3.63, 3.8) is 0 Å². The highest BCUT2D eigenvalue weighted by atomic mass is 35.5. The SMILES string of the molecule is Cc1cc(Cl)c(-n2nc(C#N)c(C[S+](C)[O-])c2N)c(Cl)c1. The van der Waals surface area contributed by atoms with Gasteiger partial charge in [0.05, 0.1) is 21.9 Å². The van der Waals surface area contributed by atoms with E-state index in [4.69, 9.17) is 34.2 Å². The van der Waals surface area contributed by atoms with Gasteiger partial charge in [-0.25, -0.2) is 4.68 Å². The molecule has 0 radical (unpaired) electrons. The van der Waals surface area contributed by atoms with Crippen molar-refractivity contribution in [2.45, 2.75) is 12.7 Å². The molecule has 5 nitrogen and oxygen atoms in total. The van der Waals surface area contributed by atoms with Gasteiger partial charge >= 0.3 is 0 Å². The summed E-state index contributed by atoms with van der Waals surface area (Å²) in [4.78, 5) is 0. The minimum absolute atomic E-state index is 0.121. The van der Waals surface area contributed by atoms with Crippen molar-refractivity contribution in [3.8, 4) is 11.8 Å². The van der Waals surface area contributed by atoms with Crippen LogP contribution in [0.1, 0.15) is 16.8 Å². The van der Waals surface area contributed by atoms with E-state index in [2.05, 4.69) is 5.10 Å². The molecular weight excluding hydrogens is 331 g/mol. The Morgan fingerprint density at radius 1 is 1.43 bits per heavy atom. The van der Waals surface area contributed by atoms with Crippen LogP contribution in [0.25, 0.3) is 5.69 Å². The number of rotatable bonds is 3. The lowest BCUT2D eigenvalue weighted by Crippen LogP contribution is -2.07. The number of aryl methyl sites for hydroxylation is 1. The first-order valence-electron chi connectivity index (χ1n) is 5.88. The van der Waals surface area contributed by atoms with Gasteiger partial charge in [0.1, 0.15) is 23.3 Å². The number of nitrogens with zero attached hydrogens (tertiary/aromatic N) is 3. The van der Waals surface area contributed by atoms with Crippen molar-refractivity contribution in [1.29, 1.82) is 5.26 Å². The first-order chi connectivity index (χ1) is 9.85. The maximum absolute atomic E-state index is 11.4. The lowest BCUT2D eigenvalue weighted by atomic mass is 10.2. The third-order valence-electron chi connectivity index (χ3n) is 2.85. The van der Waals surface area contributed by atoms with Gasteiger partial charge in [-0.15, -0.1) is 0 Å². The van der Waals surface area contributed by atoms with Gasteiger partial charge in [-0.1, -0.05) is 34.4 Å². The van der Waals surface area contributed by atoms with Gasteiger partial charge in [-0.3, -0.25) is 0 Å². The van der Waals surface area contributed by atoms with E-state index in [0.29, 0.717) is 21.3 Å². The minimum atomic E-state index is -1.15. The Bertz CT molecular complexity index is 713. The fourth-order valence-electron chi connectivity index (χ4n) is 1.96. The molecule has 2 aromatic rings. The highest BCUT2D eigenvalue weighted by Crippen LogP contribution is 2.33. The third-order valence-corrected chi connectivity index (χ3v) is 4.12. The zero-order chi connectivity index (χ0) is 15.7. The van der Waals surface area contributed by atoms with E-state index in [1.54, 1.807) is 12.1 Å². The number of hydrogen-bond donors (Lipinski definition) is 1. The van der Waals surface area contributed by atoms with Gasteiger partial charge in [0.15, 0.2) is 5.69 Å². The van der Waals surface area contributed by atoms with Gasteiger partial charge in [0.2, 0.25) is 0 Å². The molecule has 1 unspecified atom stereocenters. The van der Waals surface area contributed by atoms with Gasteiger partial charge in [-0.05, 0) is 24.6 Å². The second kappa shape index (κ2) is 6.16. The summed E-state index contributed by atoms with van der Waals surface area (Å²) in [5.41, 5.74) is 7.90. The van der Waals surface area contributed by atoms with Crippen molar-refractivity contribution < 1.29 is 4.55 Å². The normalized spacial score (nSPS) is 12.2. The lowest BCUT2D eigenvalue weighted by molar-refractivity contribution is 0.600. The summed E-state index contributed by atoms with van der Waals surface area (Å²) in [7, 11) is 0. The third kappa shape index (κ3) is 3.11. The molecule has 0 spiro atoms. The Morgan fingerprint density at radius 2 is 2.00 bits per heavy atom. The van der Waals surface area contributed by atoms with E-state index in [1.807, 2.05) is 13.0 Å². The predicted octanol–water partition coefficient (Wildman–Crippen LogP) is 2.82. The van der Waals surface area contributed by atoms with Crippen LogP contribution in [0.15, 0.2) is 12.1 Å². The Hall–Kier alpha value is -1.39. The molecule has 0 bridgehead atoms. The van der Waals surface area contributed by atoms with E-state index >= 15 is 0 Å². The molecule has 0 saturated heterocycles. The smallest absolute Gasteiger partial charge is 0.173 e. The zero-order valence-corrected chi connectivity index (χ0v) is 13.7. The Balaban J connectivity index is 2.67. The summed E-state index contributed by atoms with van der Waals surface area (Å²) in [6, 6.07) is 5.41. The molecule has 2 rings (SSSR count). The van der Waals surface area contributed by atoms with Crippen molar-refractivity contribution in [2.24, 2.45) is 0 Å². The van der Waals surface area contributed by atoms with Crippen LogP contribution >= 0.6 is 23.2 Å². The van der Waals surface area contributed by atoms with Gasteiger partial charge in [-0.2, -0.15) is 10.4 Å². The van der Waals surface area contributed by atoms with Gasteiger partial charge in [0.25, 0.3) is 0 Å². The quantitative estimate of drug-likeness (QED) is 0.868. The molecule has 0 fully saturated rings. The Morgan fingerprint density at radius 3 is 2.48 bits per heavy atom. The number of benzene rings is 1. The largest absolute Gasteiger partial charge is 0.616 e. The number of hydrogen-bond acceptors (Lipinski definition) is 4. The van der Waals surface area contributed by atoms with Crippen LogP contribution in [0.4, 0.5) is 5.82 Å². The molecule has 0 aliphatic carbocycles. The standard InChI is InChI=1S/C13H12Cl2N4OS/c1-7-3-9(14)12(10(15)4-7)19-13(17)8(6-21(2)20)11(5-16)18-19/h3-4H,6,17H2,1-2H3. The molecular formula is C13H12Cl2N4OS. The molecule has 1 atom stereocenters. The van der Waals surface area contributed by atoms with E-state index in [1.165, 1.54) is 10.9 Å². The molecule has 1 aromatic carbocycles. The first kappa shape index (κ1) is 16.0. The molecule has 1 heterocycles. The Kier molecular flexibility index (Phi) is 4.69. The van der Waals surface area contributed by atoms with Crippen LogP contribution in [0.5, 0.6) is 0 Å². The van der Waals surface area contributed by atoms with Crippen molar-refractivity contribution in [1.82, 2.24) is 9.78 Å². The summed E-state index contributed by atoms with van der Waals surface area (Å²) >= 11 is 11.3. The van der Waals surface area contributed by atoms with Gasteiger partial charge < -0.3 is 10.3 Å². The van der Waals surface area contributed by atoms with E-state index in [9.17, 15) is 4.55 Å². The number of nitriles is 1. The summed E-state index contributed by atoms with van der Waals surface area (Å²) in [6.45, 7) is 1.86. The first-order valence-corrected chi connectivity index (χ1v) is 8.37. The maximum atomic E-state index is 11.4. The highest BCUT2D eigenvalue weighted by molar-refractivity contribution is 7.89. The number of halogens is 2. The average Bonchev–Trinajstić information content (AvgIpc) is 2.66. The predicted molar refractivity (Wildman–Crippen MR) is 85.2 cm³/mol. The number of nitrogens with two attached hydrogens (primary N) is 1. The summed E-state index contributed by atoms with van der Waals surface area (Å²) in [5, 5.41) is 14.0. The van der Waals surface area contributed by atoms with E-state index in [0.717, 1.165) is 5.56 Å². The van der Waals surface area contributed by atoms with Crippen LogP contribution in [0.2, 0.25) is 10.0 Å². The second-order valence-corrected chi connectivity index (χ2v) is 6.78. The summed E-state index contributed by atoms with van der Waals surface area (Å²) in [6.07, 6.45) is 1.53. The zero-order valence-electron chi connectivity index (χ0n) is 11.4. The number of nitrogen functional groups attached to an aromatic ring is 1. The monoisotopic (exact) mass is 342 g/mol. The highest BCUT2D eigenvalue weighted by Gasteiger charge is 2.22. The number of anilines is 1.